The van der Waals surface area contributed by atoms with Crippen molar-refractivity contribution in [1.29, 1.82) is 0 Å². The van der Waals surface area contributed by atoms with Gasteiger partial charge in [-0.1, -0.05) is 18.7 Å². The molecular weight excluding hydrogens is 264 g/mol. The maximum absolute atomic E-state index is 12.2. The summed E-state index contributed by atoms with van der Waals surface area (Å²) in [5.74, 6) is 0.487. The predicted octanol–water partition coefficient (Wildman–Crippen LogP) is 0.992. The molecule has 0 radical (unpaired) electrons. The Balaban J connectivity index is 1.93. The van der Waals surface area contributed by atoms with Crippen LogP contribution in [0.25, 0.3) is 0 Å². The lowest BCUT2D eigenvalue weighted by molar-refractivity contribution is -0.132. The Bertz CT molecular complexity index is 496. The first-order valence-corrected chi connectivity index (χ1v) is 7.65. The Morgan fingerprint density at radius 1 is 1.53 bits per heavy atom. The van der Waals surface area contributed by atoms with Crippen LogP contribution in [0.5, 0.6) is 0 Å². The van der Waals surface area contributed by atoms with E-state index >= 15 is 0 Å². The molecule has 1 aliphatic rings. The highest BCUT2D eigenvalue weighted by atomic mass is 32.2. The number of piperidine rings is 1. The molecule has 0 aliphatic carbocycles. The second-order valence-corrected chi connectivity index (χ2v) is 5.75. The number of rotatable bonds is 4. The van der Waals surface area contributed by atoms with Crippen molar-refractivity contribution in [3.63, 3.8) is 0 Å². The lowest BCUT2D eigenvalue weighted by atomic mass is 10.0. The lowest BCUT2D eigenvalue weighted by Crippen LogP contribution is -2.44. The molecule has 1 saturated heterocycles. The van der Waals surface area contributed by atoms with E-state index in [-0.39, 0.29) is 11.6 Å². The quantitative estimate of drug-likeness (QED) is 0.837. The summed E-state index contributed by atoms with van der Waals surface area (Å²) in [4.78, 5) is 25.4. The van der Waals surface area contributed by atoms with Crippen LogP contribution in [0.4, 0.5) is 0 Å². The number of thioether (sulfide) groups is 1. The maximum atomic E-state index is 12.2. The molecule has 106 valence electrons. The molecule has 0 bridgehead atoms. The van der Waals surface area contributed by atoms with Crippen LogP contribution in [-0.4, -0.2) is 43.9 Å². The normalized spacial score (nSPS) is 19.7. The van der Waals surface area contributed by atoms with Gasteiger partial charge in [-0.2, -0.15) is 0 Å². The molecule has 7 heteroatoms. The Morgan fingerprint density at radius 2 is 2.32 bits per heavy atom. The van der Waals surface area contributed by atoms with Crippen molar-refractivity contribution in [2.45, 2.75) is 43.8 Å². The molecule has 2 heterocycles. The van der Waals surface area contributed by atoms with Gasteiger partial charge in [-0.05, 0) is 25.7 Å². The van der Waals surface area contributed by atoms with Gasteiger partial charge in [0, 0.05) is 19.6 Å². The van der Waals surface area contributed by atoms with Gasteiger partial charge in [0.25, 0.3) is 0 Å². The van der Waals surface area contributed by atoms with Crippen LogP contribution < -0.4 is 5.69 Å². The fourth-order valence-corrected chi connectivity index (χ4v) is 3.23. The van der Waals surface area contributed by atoms with Crippen LogP contribution in [0, 0.1) is 0 Å². The minimum Gasteiger partial charge on any atom is -0.339 e. The summed E-state index contributed by atoms with van der Waals surface area (Å²) in [5, 5.41) is 6.82. The highest BCUT2D eigenvalue weighted by molar-refractivity contribution is 7.99. The van der Waals surface area contributed by atoms with Gasteiger partial charge in [-0.15, -0.1) is 5.10 Å². The van der Waals surface area contributed by atoms with E-state index in [4.69, 9.17) is 0 Å². The number of amides is 1. The molecule has 1 fully saturated rings. The van der Waals surface area contributed by atoms with Crippen LogP contribution in [0.2, 0.25) is 0 Å². The Labute approximate surface area is 116 Å². The SMILES string of the molecule is CC[C@@H]1CCCCN1C(=O)CSc1n[nH]c(=O)n1C. The van der Waals surface area contributed by atoms with Gasteiger partial charge < -0.3 is 4.90 Å². The third-order valence-electron chi connectivity index (χ3n) is 3.58. The smallest absolute Gasteiger partial charge is 0.339 e. The first kappa shape index (κ1) is 14.2. The van der Waals surface area contributed by atoms with E-state index in [1.54, 1.807) is 7.05 Å². The molecule has 0 saturated carbocycles. The number of aromatic amines is 1. The average molecular weight is 284 g/mol. The second kappa shape index (κ2) is 6.27. The fourth-order valence-electron chi connectivity index (χ4n) is 2.42. The van der Waals surface area contributed by atoms with Crippen LogP contribution in [0.1, 0.15) is 32.6 Å². The lowest BCUT2D eigenvalue weighted by Gasteiger charge is -2.35. The average Bonchev–Trinajstić information content (AvgIpc) is 2.76. The Morgan fingerprint density at radius 3 is 2.95 bits per heavy atom. The van der Waals surface area contributed by atoms with Gasteiger partial charge in [0.1, 0.15) is 0 Å². The van der Waals surface area contributed by atoms with Gasteiger partial charge in [0.15, 0.2) is 5.16 Å². The molecule has 2 rings (SSSR count). The zero-order valence-electron chi connectivity index (χ0n) is 11.4. The van der Waals surface area contributed by atoms with E-state index < -0.39 is 0 Å². The van der Waals surface area contributed by atoms with Crippen LogP contribution in [-0.2, 0) is 11.8 Å². The van der Waals surface area contributed by atoms with Crippen molar-refractivity contribution in [3.05, 3.63) is 10.5 Å². The van der Waals surface area contributed by atoms with E-state index in [9.17, 15) is 9.59 Å². The Kier molecular flexibility index (Phi) is 4.68. The first-order chi connectivity index (χ1) is 9.13. The van der Waals surface area contributed by atoms with Crippen molar-refractivity contribution in [2.75, 3.05) is 12.3 Å². The zero-order chi connectivity index (χ0) is 13.8. The summed E-state index contributed by atoms with van der Waals surface area (Å²) in [5.41, 5.74) is -0.251. The minimum absolute atomic E-state index is 0.145. The Hall–Kier alpha value is -1.24. The third-order valence-corrected chi connectivity index (χ3v) is 4.60. The summed E-state index contributed by atoms with van der Waals surface area (Å²) < 4.78 is 1.42. The molecule has 1 N–H and O–H groups in total. The summed E-state index contributed by atoms with van der Waals surface area (Å²) in [6.07, 6.45) is 4.42. The fraction of sp³-hybridized carbons (Fsp3) is 0.750. The van der Waals surface area contributed by atoms with Gasteiger partial charge in [-0.3, -0.25) is 9.36 Å². The third kappa shape index (κ3) is 3.20. The number of hydrogen-bond acceptors (Lipinski definition) is 4. The minimum atomic E-state index is -0.251. The van der Waals surface area contributed by atoms with Crippen molar-refractivity contribution < 1.29 is 4.79 Å². The van der Waals surface area contributed by atoms with E-state index in [1.165, 1.54) is 22.7 Å². The van der Waals surface area contributed by atoms with Gasteiger partial charge in [-0.25, -0.2) is 9.89 Å². The molecule has 1 aromatic rings. The first-order valence-electron chi connectivity index (χ1n) is 6.67. The largest absolute Gasteiger partial charge is 0.343 e. The maximum Gasteiger partial charge on any atom is 0.343 e. The number of likely N-dealkylation sites (tertiary alicyclic amines) is 1. The van der Waals surface area contributed by atoms with Crippen molar-refractivity contribution in [3.8, 4) is 0 Å². The van der Waals surface area contributed by atoms with E-state index in [2.05, 4.69) is 17.1 Å². The number of carbonyl (C=O) groups is 1. The molecule has 1 atom stereocenters. The summed E-state index contributed by atoms with van der Waals surface area (Å²) in [6, 6.07) is 0.379. The van der Waals surface area contributed by atoms with Gasteiger partial charge in [0.2, 0.25) is 5.91 Å². The molecule has 19 heavy (non-hydrogen) atoms. The van der Waals surface area contributed by atoms with Crippen molar-refractivity contribution in [2.24, 2.45) is 7.05 Å². The highest BCUT2D eigenvalue weighted by Gasteiger charge is 2.25. The molecular formula is C12H20N4O2S. The molecule has 0 unspecified atom stereocenters. The van der Waals surface area contributed by atoms with Crippen molar-refractivity contribution >= 4 is 17.7 Å². The van der Waals surface area contributed by atoms with Gasteiger partial charge in [0.05, 0.1) is 5.75 Å². The zero-order valence-corrected chi connectivity index (χ0v) is 12.2. The second-order valence-electron chi connectivity index (χ2n) is 4.80. The molecule has 0 spiro atoms. The van der Waals surface area contributed by atoms with E-state index in [0.29, 0.717) is 17.0 Å². The molecule has 0 aromatic carbocycles. The van der Waals surface area contributed by atoms with Crippen LogP contribution in [0.3, 0.4) is 0 Å². The van der Waals surface area contributed by atoms with Crippen molar-refractivity contribution in [1.82, 2.24) is 19.7 Å². The number of nitrogens with zero attached hydrogens (tertiary/aromatic N) is 3. The standard InChI is InChI=1S/C12H20N4O2S/c1-3-9-6-4-5-7-16(9)10(17)8-19-12-14-13-11(18)15(12)2/h9H,3-8H2,1-2H3,(H,13,18)/t9-/m1/s1. The molecule has 1 aliphatic heterocycles. The number of aromatic nitrogens is 3. The monoisotopic (exact) mass is 284 g/mol. The predicted molar refractivity (Wildman–Crippen MR) is 74.2 cm³/mol. The molecule has 6 nitrogen and oxygen atoms in total. The summed E-state index contributed by atoms with van der Waals surface area (Å²) >= 11 is 1.31. The highest BCUT2D eigenvalue weighted by Crippen LogP contribution is 2.21. The summed E-state index contributed by atoms with van der Waals surface area (Å²) in [7, 11) is 1.65. The van der Waals surface area contributed by atoms with Crippen LogP contribution in [0.15, 0.2) is 9.95 Å². The number of H-pyrrole nitrogens is 1. The topological polar surface area (TPSA) is 71.0 Å². The summed E-state index contributed by atoms with van der Waals surface area (Å²) in [6.45, 7) is 2.98. The van der Waals surface area contributed by atoms with Crippen LogP contribution >= 0.6 is 11.8 Å². The number of nitrogens with one attached hydrogen (secondary N) is 1. The van der Waals surface area contributed by atoms with E-state index in [0.717, 1.165) is 25.8 Å². The number of hydrogen-bond donors (Lipinski definition) is 1. The molecule has 1 aromatic heterocycles. The number of carbonyl (C=O) groups excluding carboxylic acids is 1. The van der Waals surface area contributed by atoms with Gasteiger partial charge >= 0.3 is 5.69 Å². The van der Waals surface area contributed by atoms with E-state index in [1.807, 2.05) is 4.90 Å². The molecule has 1 amide bonds.